The van der Waals surface area contributed by atoms with E-state index in [0.29, 0.717) is 11.4 Å². The molecule has 0 aromatic heterocycles. The Morgan fingerprint density at radius 2 is 1.60 bits per heavy atom. The molecule has 0 heterocycles. The van der Waals surface area contributed by atoms with Gasteiger partial charge in [-0.25, -0.2) is 0 Å². The van der Waals surface area contributed by atoms with Gasteiger partial charge in [0.15, 0.2) is 0 Å². The zero-order valence-corrected chi connectivity index (χ0v) is 11.1. The van der Waals surface area contributed by atoms with Crippen molar-refractivity contribution in [2.75, 3.05) is 10.6 Å². The van der Waals surface area contributed by atoms with Gasteiger partial charge in [0.25, 0.3) is 0 Å². The van der Waals surface area contributed by atoms with Gasteiger partial charge in [0.2, 0.25) is 11.8 Å². The largest absolute Gasteiger partial charge is 0.481 e. The Morgan fingerprint density at radius 3 is 2.05 bits per heavy atom. The summed E-state index contributed by atoms with van der Waals surface area (Å²) in [7, 11) is 0. The second kappa shape index (κ2) is 5.73. The third kappa shape index (κ3) is 3.57. The zero-order valence-electron chi connectivity index (χ0n) is 11.1. The summed E-state index contributed by atoms with van der Waals surface area (Å²) in [6.07, 6.45) is 1.88. The van der Waals surface area contributed by atoms with E-state index in [-0.39, 0.29) is 11.8 Å². The maximum atomic E-state index is 11.6. The molecule has 0 radical (unpaired) electrons. The number of hydrogen-bond donors (Lipinski definition) is 3. The first-order valence-electron chi connectivity index (χ1n) is 6.42. The van der Waals surface area contributed by atoms with Crippen molar-refractivity contribution in [3.8, 4) is 0 Å². The molecule has 1 saturated carbocycles. The van der Waals surface area contributed by atoms with Crippen molar-refractivity contribution in [1.82, 2.24) is 0 Å². The number of benzene rings is 1. The molecule has 20 heavy (non-hydrogen) atoms. The van der Waals surface area contributed by atoms with Crippen molar-refractivity contribution in [3.63, 3.8) is 0 Å². The summed E-state index contributed by atoms with van der Waals surface area (Å²) in [6.45, 7) is 1.32. The van der Waals surface area contributed by atoms with Crippen molar-refractivity contribution in [2.45, 2.75) is 19.8 Å². The molecular weight excluding hydrogens is 260 g/mol. The lowest BCUT2D eigenvalue weighted by atomic mass is 10.1. The van der Waals surface area contributed by atoms with Gasteiger partial charge in [-0.05, 0) is 44.0 Å². The molecule has 1 aliphatic carbocycles. The van der Waals surface area contributed by atoms with Crippen molar-refractivity contribution >= 4 is 29.2 Å². The molecule has 0 saturated heterocycles. The van der Waals surface area contributed by atoms with Gasteiger partial charge in [-0.15, -0.1) is 0 Å². The van der Waals surface area contributed by atoms with Crippen molar-refractivity contribution in [3.05, 3.63) is 24.3 Å². The third-order valence-electron chi connectivity index (χ3n) is 3.13. The van der Waals surface area contributed by atoms with E-state index in [1.807, 2.05) is 0 Å². The smallest absolute Gasteiger partial charge is 0.315 e. The summed E-state index contributed by atoms with van der Waals surface area (Å²) in [5.74, 6) is -2.71. The SMILES string of the molecule is CC(C(=O)O)C(=O)Nc1ccc(NC(=O)C2CC2)cc1. The molecule has 1 aliphatic rings. The van der Waals surface area contributed by atoms with Crippen LogP contribution in [0.1, 0.15) is 19.8 Å². The van der Waals surface area contributed by atoms with E-state index >= 15 is 0 Å². The fraction of sp³-hybridized carbons (Fsp3) is 0.357. The third-order valence-corrected chi connectivity index (χ3v) is 3.13. The van der Waals surface area contributed by atoms with Crippen LogP contribution in [0, 0.1) is 11.8 Å². The molecule has 0 aliphatic heterocycles. The second-order valence-corrected chi connectivity index (χ2v) is 4.89. The first kappa shape index (κ1) is 14.0. The van der Waals surface area contributed by atoms with Gasteiger partial charge in [-0.2, -0.15) is 0 Å². The maximum Gasteiger partial charge on any atom is 0.315 e. The van der Waals surface area contributed by atoms with Crippen LogP contribution < -0.4 is 10.6 Å². The number of carbonyl (C=O) groups excluding carboxylic acids is 2. The highest BCUT2D eigenvalue weighted by Gasteiger charge is 2.29. The molecule has 1 aromatic carbocycles. The molecule has 6 heteroatoms. The molecule has 106 valence electrons. The molecule has 2 amide bonds. The van der Waals surface area contributed by atoms with Gasteiger partial charge in [-0.3, -0.25) is 14.4 Å². The second-order valence-electron chi connectivity index (χ2n) is 4.89. The lowest BCUT2D eigenvalue weighted by Crippen LogP contribution is -2.26. The van der Waals surface area contributed by atoms with Crippen LogP contribution in [0.25, 0.3) is 0 Å². The van der Waals surface area contributed by atoms with Crippen LogP contribution in [0.3, 0.4) is 0 Å². The Balaban J connectivity index is 1.92. The first-order chi connectivity index (χ1) is 9.47. The summed E-state index contributed by atoms with van der Waals surface area (Å²) in [6, 6.07) is 6.58. The number of hydrogen-bond acceptors (Lipinski definition) is 3. The predicted molar refractivity (Wildman–Crippen MR) is 73.2 cm³/mol. The van der Waals surface area contributed by atoms with E-state index < -0.39 is 17.8 Å². The highest BCUT2D eigenvalue weighted by atomic mass is 16.4. The minimum absolute atomic E-state index is 0.0151. The zero-order chi connectivity index (χ0) is 14.7. The van der Waals surface area contributed by atoms with Crippen molar-refractivity contribution < 1.29 is 19.5 Å². The van der Waals surface area contributed by atoms with Gasteiger partial charge in [0.1, 0.15) is 5.92 Å². The number of anilines is 2. The Bertz CT molecular complexity index is 535. The number of rotatable bonds is 5. The average molecular weight is 276 g/mol. The monoisotopic (exact) mass is 276 g/mol. The molecular formula is C14H16N2O4. The van der Waals surface area contributed by atoms with Crippen LogP contribution in [0.15, 0.2) is 24.3 Å². The summed E-state index contributed by atoms with van der Waals surface area (Å²) in [5, 5.41) is 14.0. The van der Waals surface area contributed by atoms with E-state index in [0.717, 1.165) is 12.8 Å². The highest BCUT2D eigenvalue weighted by Crippen LogP contribution is 2.30. The highest BCUT2D eigenvalue weighted by molar-refractivity contribution is 6.04. The van der Waals surface area contributed by atoms with E-state index in [1.54, 1.807) is 24.3 Å². The van der Waals surface area contributed by atoms with Gasteiger partial charge in [0, 0.05) is 17.3 Å². The standard InChI is InChI=1S/C14H16N2O4/c1-8(14(19)20)12(17)15-10-4-6-11(7-5-10)16-13(18)9-2-3-9/h4-9H,2-3H2,1H3,(H,15,17)(H,16,18)(H,19,20). The Labute approximate surface area is 116 Å². The van der Waals surface area contributed by atoms with Crippen LogP contribution >= 0.6 is 0 Å². The van der Waals surface area contributed by atoms with Crippen molar-refractivity contribution in [1.29, 1.82) is 0 Å². The quantitative estimate of drug-likeness (QED) is 0.713. The van der Waals surface area contributed by atoms with E-state index in [1.165, 1.54) is 6.92 Å². The summed E-state index contributed by atoms with van der Waals surface area (Å²) in [5.41, 5.74) is 1.15. The molecule has 0 bridgehead atoms. The van der Waals surface area contributed by atoms with Gasteiger partial charge in [0.05, 0.1) is 0 Å². The molecule has 1 unspecified atom stereocenters. The minimum atomic E-state index is -1.17. The van der Waals surface area contributed by atoms with Crippen LogP contribution in [0.4, 0.5) is 11.4 Å². The molecule has 1 atom stereocenters. The van der Waals surface area contributed by atoms with Crippen LogP contribution in [-0.4, -0.2) is 22.9 Å². The first-order valence-corrected chi connectivity index (χ1v) is 6.42. The molecule has 6 nitrogen and oxygen atoms in total. The fourth-order valence-corrected chi connectivity index (χ4v) is 1.59. The summed E-state index contributed by atoms with van der Waals surface area (Å²) in [4.78, 5) is 33.8. The fourth-order valence-electron chi connectivity index (χ4n) is 1.59. The molecule has 0 spiro atoms. The van der Waals surface area contributed by atoms with E-state index in [2.05, 4.69) is 10.6 Å². The maximum absolute atomic E-state index is 11.6. The van der Waals surface area contributed by atoms with Gasteiger partial charge in [-0.1, -0.05) is 0 Å². The number of carbonyl (C=O) groups is 3. The number of amides is 2. The summed E-state index contributed by atoms with van der Waals surface area (Å²) >= 11 is 0. The molecule has 2 rings (SSSR count). The Hall–Kier alpha value is -2.37. The minimum Gasteiger partial charge on any atom is -0.481 e. The van der Waals surface area contributed by atoms with Crippen LogP contribution in [-0.2, 0) is 14.4 Å². The normalized spacial score (nSPS) is 15.2. The van der Waals surface area contributed by atoms with Crippen molar-refractivity contribution in [2.24, 2.45) is 11.8 Å². The average Bonchev–Trinajstić information content (AvgIpc) is 3.24. The molecule has 1 fully saturated rings. The Morgan fingerprint density at radius 1 is 1.10 bits per heavy atom. The number of carboxylic acids is 1. The van der Waals surface area contributed by atoms with E-state index in [4.69, 9.17) is 5.11 Å². The van der Waals surface area contributed by atoms with Crippen LogP contribution in [0.5, 0.6) is 0 Å². The molecule has 3 N–H and O–H groups in total. The predicted octanol–water partition coefficient (Wildman–Crippen LogP) is 1.69. The molecule has 1 aromatic rings. The Kier molecular flexibility index (Phi) is 4.02. The number of aliphatic carboxylic acids is 1. The van der Waals surface area contributed by atoms with E-state index in [9.17, 15) is 14.4 Å². The number of nitrogens with one attached hydrogen (secondary N) is 2. The van der Waals surface area contributed by atoms with Gasteiger partial charge < -0.3 is 15.7 Å². The van der Waals surface area contributed by atoms with Crippen LogP contribution in [0.2, 0.25) is 0 Å². The number of carboxylic acid groups (broad SMARTS) is 1. The summed E-state index contributed by atoms with van der Waals surface area (Å²) < 4.78 is 0. The van der Waals surface area contributed by atoms with Gasteiger partial charge >= 0.3 is 5.97 Å². The lowest BCUT2D eigenvalue weighted by Gasteiger charge is -2.09. The topological polar surface area (TPSA) is 95.5 Å². The lowest BCUT2D eigenvalue weighted by molar-refractivity contribution is -0.144.